The van der Waals surface area contributed by atoms with Crippen LogP contribution in [0.25, 0.3) is 6.08 Å². The average Bonchev–Trinajstić information content (AvgIpc) is 2.75. The van der Waals surface area contributed by atoms with Gasteiger partial charge in [0, 0.05) is 11.6 Å². The Morgan fingerprint density at radius 1 is 0.969 bits per heavy atom. The number of rotatable bonds is 5. The fourth-order valence-electron chi connectivity index (χ4n) is 2.94. The third-order valence-corrected chi connectivity index (χ3v) is 4.51. The van der Waals surface area contributed by atoms with Crippen molar-refractivity contribution in [3.05, 3.63) is 88.5 Å². The number of hydrogen-bond donors (Lipinski definition) is 4. The number of phenols is 2. The summed E-state index contributed by atoms with van der Waals surface area (Å²) in [6, 6.07) is 11.6. The van der Waals surface area contributed by atoms with E-state index in [1.807, 2.05) is 44.2 Å². The molecule has 7 heteroatoms. The van der Waals surface area contributed by atoms with Crippen molar-refractivity contribution in [1.29, 1.82) is 0 Å². The molecule has 0 saturated heterocycles. The van der Waals surface area contributed by atoms with Gasteiger partial charge in [0.15, 0.2) is 11.6 Å². The Morgan fingerprint density at radius 3 is 2.12 bits per heavy atom. The molecular formula is C25H24O7. The first kappa shape index (κ1) is 24.3. The minimum atomic E-state index is -1.13. The zero-order valence-electron chi connectivity index (χ0n) is 17.6. The molecule has 1 atom stereocenters. The number of aliphatic hydroxyl groups is 1. The lowest BCUT2D eigenvalue weighted by atomic mass is 9.85. The molecule has 1 aliphatic rings. The monoisotopic (exact) mass is 436 g/mol. The molecule has 32 heavy (non-hydrogen) atoms. The Bertz CT molecular complexity index is 1100. The third-order valence-electron chi connectivity index (χ3n) is 4.51. The molecule has 0 aliphatic heterocycles. The predicted octanol–water partition coefficient (Wildman–Crippen LogP) is 3.90. The van der Waals surface area contributed by atoms with Crippen LogP contribution in [0.3, 0.4) is 0 Å². The Labute approximate surface area is 185 Å². The van der Waals surface area contributed by atoms with Crippen LogP contribution in [0.1, 0.15) is 46.5 Å². The molecule has 1 aliphatic carbocycles. The zero-order valence-corrected chi connectivity index (χ0v) is 17.6. The van der Waals surface area contributed by atoms with E-state index in [1.165, 1.54) is 0 Å². The molecule has 3 rings (SSSR count). The summed E-state index contributed by atoms with van der Waals surface area (Å²) in [5, 5.41) is 37.8. The highest BCUT2D eigenvalue weighted by Gasteiger charge is 2.33. The number of carbonyl (C=O) groups excluding carboxylic acids is 2. The molecule has 4 N–H and O–H groups in total. The van der Waals surface area contributed by atoms with Gasteiger partial charge >= 0.3 is 5.97 Å². The highest BCUT2D eigenvalue weighted by molar-refractivity contribution is 6.26. The summed E-state index contributed by atoms with van der Waals surface area (Å²) in [6.45, 7) is 3.71. The number of carboxylic acids is 1. The smallest absolute Gasteiger partial charge is 0.328 e. The van der Waals surface area contributed by atoms with Crippen LogP contribution in [0, 0.1) is 0 Å². The average molecular weight is 436 g/mol. The van der Waals surface area contributed by atoms with Crippen molar-refractivity contribution >= 4 is 23.6 Å². The molecule has 0 amide bonds. The number of ketones is 2. The SMILES string of the molecule is CC(C)=CCC(O)C1=CC(=O)c2c(O)ccc(O)c2C1=O.O=C(O)C=Cc1ccccc1. The molecule has 2 aromatic carbocycles. The van der Waals surface area contributed by atoms with E-state index >= 15 is 0 Å². The molecule has 7 nitrogen and oxygen atoms in total. The number of phenolic OH excluding ortho intramolecular Hbond substituents is 2. The summed E-state index contributed by atoms with van der Waals surface area (Å²) < 4.78 is 0. The first-order chi connectivity index (χ1) is 15.1. The van der Waals surface area contributed by atoms with Crippen LogP contribution >= 0.6 is 0 Å². The van der Waals surface area contributed by atoms with Crippen molar-refractivity contribution in [1.82, 2.24) is 0 Å². The topological polar surface area (TPSA) is 132 Å². The van der Waals surface area contributed by atoms with Gasteiger partial charge in [-0.2, -0.15) is 0 Å². The third kappa shape index (κ3) is 6.26. The molecule has 0 aromatic heterocycles. The van der Waals surface area contributed by atoms with Crippen molar-refractivity contribution in [3.63, 3.8) is 0 Å². The van der Waals surface area contributed by atoms with Gasteiger partial charge in [0.25, 0.3) is 0 Å². The van der Waals surface area contributed by atoms with Crippen molar-refractivity contribution in [3.8, 4) is 11.5 Å². The lowest BCUT2D eigenvalue weighted by Crippen LogP contribution is -2.25. The van der Waals surface area contributed by atoms with E-state index in [-0.39, 0.29) is 34.6 Å². The maximum atomic E-state index is 12.3. The predicted molar refractivity (Wildman–Crippen MR) is 120 cm³/mol. The van der Waals surface area contributed by atoms with Gasteiger partial charge in [-0.3, -0.25) is 9.59 Å². The quantitative estimate of drug-likeness (QED) is 0.317. The van der Waals surface area contributed by atoms with Crippen LogP contribution in [-0.2, 0) is 4.79 Å². The standard InChI is InChI=1S/C16H16O5.C9H8O2/c1-8(2)3-4-10(17)9-7-13(20)14-11(18)5-6-12(19)15(14)16(9)21;10-9(11)7-6-8-4-2-1-3-5-8/h3,5-7,10,17-19H,4H2,1-2H3;1-7H,(H,10,11). The number of benzene rings is 2. The van der Waals surface area contributed by atoms with Crippen LogP contribution in [0.15, 0.2) is 71.8 Å². The summed E-state index contributed by atoms with van der Waals surface area (Å²) in [5.74, 6) is -2.93. The number of Topliss-reactive ketones (excluding diaryl/α,β-unsaturated/α-hetero) is 1. The summed E-state index contributed by atoms with van der Waals surface area (Å²) in [6.07, 6.45) is 4.51. The van der Waals surface area contributed by atoms with E-state index in [0.29, 0.717) is 0 Å². The molecule has 0 saturated carbocycles. The van der Waals surface area contributed by atoms with Gasteiger partial charge in [0.1, 0.15) is 11.5 Å². The highest BCUT2D eigenvalue weighted by atomic mass is 16.4. The van der Waals surface area contributed by atoms with Crippen molar-refractivity contribution in [2.45, 2.75) is 26.4 Å². The first-order valence-corrected chi connectivity index (χ1v) is 9.74. The van der Waals surface area contributed by atoms with Crippen molar-refractivity contribution in [2.24, 2.45) is 0 Å². The zero-order chi connectivity index (χ0) is 23.8. The highest BCUT2D eigenvalue weighted by Crippen LogP contribution is 2.35. The number of aliphatic carboxylic acids is 1. The van der Waals surface area contributed by atoms with Gasteiger partial charge in [0.2, 0.25) is 0 Å². The molecule has 0 fully saturated rings. The normalized spacial score (nSPS) is 13.5. The first-order valence-electron chi connectivity index (χ1n) is 9.74. The fourth-order valence-corrected chi connectivity index (χ4v) is 2.94. The second-order valence-electron chi connectivity index (χ2n) is 7.26. The Morgan fingerprint density at radius 2 is 1.56 bits per heavy atom. The van der Waals surface area contributed by atoms with E-state index in [4.69, 9.17) is 5.11 Å². The summed E-state index contributed by atoms with van der Waals surface area (Å²) in [5.41, 5.74) is 1.32. The van der Waals surface area contributed by atoms with E-state index in [1.54, 1.807) is 12.2 Å². The van der Waals surface area contributed by atoms with E-state index in [0.717, 1.165) is 35.4 Å². The van der Waals surface area contributed by atoms with Crippen LogP contribution in [0.2, 0.25) is 0 Å². The van der Waals surface area contributed by atoms with E-state index in [2.05, 4.69) is 0 Å². The fraction of sp³-hybridized carbons (Fsp3) is 0.160. The van der Waals surface area contributed by atoms with Crippen molar-refractivity contribution in [2.75, 3.05) is 0 Å². The lowest BCUT2D eigenvalue weighted by molar-refractivity contribution is -0.131. The number of fused-ring (bicyclic) bond motifs is 1. The van der Waals surface area contributed by atoms with Crippen LogP contribution in [0.4, 0.5) is 0 Å². The molecule has 1 unspecified atom stereocenters. The summed E-state index contributed by atoms with van der Waals surface area (Å²) in [4.78, 5) is 34.5. The Balaban J connectivity index is 0.000000278. The van der Waals surface area contributed by atoms with Gasteiger partial charge in [-0.1, -0.05) is 42.0 Å². The minimum absolute atomic E-state index is 0.0779. The number of allylic oxidation sites excluding steroid dienone is 2. The summed E-state index contributed by atoms with van der Waals surface area (Å²) in [7, 11) is 0. The summed E-state index contributed by atoms with van der Waals surface area (Å²) >= 11 is 0. The molecule has 2 aromatic rings. The van der Waals surface area contributed by atoms with Gasteiger partial charge in [-0.05, 0) is 50.1 Å². The van der Waals surface area contributed by atoms with Crippen LogP contribution in [-0.4, -0.2) is 44.1 Å². The minimum Gasteiger partial charge on any atom is -0.507 e. The van der Waals surface area contributed by atoms with Gasteiger partial charge in [-0.15, -0.1) is 0 Å². The molecule has 0 spiro atoms. The van der Waals surface area contributed by atoms with E-state index in [9.17, 15) is 29.7 Å². The second kappa shape index (κ2) is 10.9. The number of carboxylic acid groups (broad SMARTS) is 1. The van der Waals surface area contributed by atoms with Gasteiger partial charge in [-0.25, -0.2) is 4.79 Å². The lowest BCUT2D eigenvalue weighted by Gasteiger charge is -2.20. The maximum absolute atomic E-state index is 12.3. The molecular weight excluding hydrogens is 412 g/mol. The maximum Gasteiger partial charge on any atom is 0.328 e. The van der Waals surface area contributed by atoms with E-state index < -0.39 is 23.6 Å². The molecule has 0 bridgehead atoms. The Kier molecular flexibility index (Phi) is 8.26. The van der Waals surface area contributed by atoms with Crippen LogP contribution < -0.4 is 0 Å². The van der Waals surface area contributed by atoms with Gasteiger partial charge < -0.3 is 20.4 Å². The largest absolute Gasteiger partial charge is 0.507 e. The molecule has 166 valence electrons. The Hall–Kier alpha value is -3.97. The van der Waals surface area contributed by atoms with Gasteiger partial charge in [0.05, 0.1) is 17.2 Å². The molecule has 0 heterocycles. The number of hydrogen-bond acceptors (Lipinski definition) is 6. The number of aromatic hydroxyl groups is 2. The number of aliphatic hydroxyl groups excluding tert-OH is 1. The second-order valence-corrected chi connectivity index (χ2v) is 7.26. The number of carbonyl (C=O) groups is 3. The van der Waals surface area contributed by atoms with Crippen LogP contribution in [0.5, 0.6) is 11.5 Å². The van der Waals surface area contributed by atoms with Crippen molar-refractivity contribution < 1.29 is 34.8 Å². The molecule has 0 radical (unpaired) electrons.